The highest BCUT2D eigenvalue weighted by atomic mass is 32.2. The zero-order valence-electron chi connectivity index (χ0n) is 14.1. The zero-order valence-corrected chi connectivity index (χ0v) is 14.9. The summed E-state index contributed by atoms with van der Waals surface area (Å²) in [6, 6.07) is 4.57. The van der Waals surface area contributed by atoms with E-state index in [1.165, 1.54) is 17.5 Å². The number of piperidine rings is 1. The number of hydrogen-bond acceptors (Lipinski definition) is 5. The van der Waals surface area contributed by atoms with Gasteiger partial charge < -0.3 is 15.8 Å². The van der Waals surface area contributed by atoms with Crippen LogP contribution in [0.2, 0.25) is 0 Å². The van der Waals surface area contributed by atoms with Crippen LogP contribution >= 0.6 is 0 Å². The first-order valence-electron chi connectivity index (χ1n) is 8.07. The molecule has 8 heteroatoms. The number of carbonyl (C=O) groups excluding carboxylic acids is 1. The summed E-state index contributed by atoms with van der Waals surface area (Å²) in [6.07, 6.45) is 1.96. The summed E-state index contributed by atoms with van der Waals surface area (Å²) in [7, 11) is -2.09. The van der Waals surface area contributed by atoms with E-state index in [4.69, 9.17) is 10.5 Å². The topological polar surface area (TPSA) is 102 Å². The Morgan fingerprint density at radius 3 is 2.83 bits per heavy atom. The standard InChI is InChI=1S/C16H25N3O4S/c1-3-16(20)18-10-12-9-14(6-7-15(12)23-2)24(21,22)19-8-4-5-13(17)11-19/h6-7,9,13H,3-5,8,10-11,17H2,1-2H3,(H,18,20). The monoisotopic (exact) mass is 355 g/mol. The summed E-state index contributed by atoms with van der Waals surface area (Å²) in [6.45, 7) is 2.78. The number of nitrogens with two attached hydrogens (primary N) is 1. The fourth-order valence-electron chi connectivity index (χ4n) is 2.71. The molecule has 1 fully saturated rings. The Hall–Kier alpha value is -1.64. The average molecular weight is 355 g/mol. The summed E-state index contributed by atoms with van der Waals surface area (Å²) in [4.78, 5) is 11.7. The molecule has 0 aliphatic carbocycles. The van der Waals surface area contributed by atoms with E-state index in [9.17, 15) is 13.2 Å². The predicted molar refractivity (Wildman–Crippen MR) is 91.1 cm³/mol. The van der Waals surface area contributed by atoms with Crippen LogP contribution in [0.5, 0.6) is 5.75 Å². The highest BCUT2D eigenvalue weighted by Gasteiger charge is 2.29. The van der Waals surface area contributed by atoms with Crippen LogP contribution in [0, 0.1) is 0 Å². The van der Waals surface area contributed by atoms with E-state index < -0.39 is 10.0 Å². The highest BCUT2D eigenvalue weighted by Crippen LogP contribution is 2.26. The van der Waals surface area contributed by atoms with Gasteiger partial charge in [-0.3, -0.25) is 4.79 Å². The lowest BCUT2D eigenvalue weighted by Crippen LogP contribution is -2.45. The van der Waals surface area contributed by atoms with Crippen molar-refractivity contribution in [3.05, 3.63) is 23.8 Å². The van der Waals surface area contributed by atoms with Gasteiger partial charge in [-0.1, -0.05) is 6.92 Å². The lowest BCUT2D eigenvalue weighted by atomic mass is 10.1. The van der Waals surface area contributed by atoms with Crippen LogP contribution in [0.25, 0.3) is 0 Å². The normalized spacial score (nSPS) is 19.0. The van der Waals surface area contributed by atoms with Crippen LogP contribution in [-0.4, -0.2) is 44.9 Å². The van der Waals surface area contributed by atoms with E-state index in [-0.39, 0.29) is 23.4 Å². The van der Waals surface area contributed by atoms with Gasteiger partial charge in [-0.15, -0.1) is 0 Å². The third kappa shape index (κ3) is 4.25. The number of rotatable bonds is 6. The number of hydrogen-bond donors (Lipinski definition) is 2. The molecule has 1 heterocycles. The number of sulfonamides is 1. The lowest BCUT2D eigenvalue weighted by molar-refractivity contribution is -0.120. The molecule has 7 nitrogen and oxygen atoms in total. The minimum absolute atomic E-state index is 0.104. The molecule has 134 valence electrons. The van der Waals surface area contributed by atoms with Crippen LogP contribution in [-0.2, 0) is 21.4 Å². The highest BCUT2D eigenvalue weighted by molar-refractivity contribution is 7.89. The van der Waals surface area contributed by atoms with E-state index in [0.29, 0.717) is 30.8 Å². The predicted octanol–water partition coefficient (Wildman–Crippen LogP) is 0.833. The van der Waals surface area contributed by atoms with Gasteiger partial charge in [-0.2, -0.15) is 4.31 Å². The number of nitrogens with one attached hydrogen (secondary N) is 1. The smallest absolute Gasteiger partial charge is 0.243 e. The maximum Gasteiger partial charge on any atom is 0.243 e. The third-order valence-corrected chi connectivity index (χ3v) is 5.97. The van der Waals surface area contributed by atoms with E-state index in [2.05, 4.69) is 5.32 Å². The molecule has 1 aromatic carbocycles. The SMILES string of the molecule is CCC(=O)NCc1cc(S(=O)(=O)N2CCCC(N)C2)ccc1OC. The molecule has 0 bridgehead atoms. The quantitative estimate of drug-likeness (QED) is 0.787. The minimum atomic E-state index is -3.60. The van der Waals surface area contributed by atoms with Crippen LogP contribution in [0.4, 0.5) is 0 Å². The molecule has 1 amide bonds. The summed E-state index contributed by atoms with van der Waals surface area (Å²) in [5.74, 6) is 0.438. The summed E-state index contributed by atoms with van der Waals surface area (Å²) < 4.78 is 32.3. The fraction of sp³-hybridized carbons (Fsp3) is 0.562. The number of methoxy groups -OCH3 is 1. The molecule has 0 aromatic heterocycles. The second kappa shape index (κ2) is 7.96. The number of nitrogens with zero attached hydrogens (tertiary/aromatic N) is 1. The van der Waals surface area contributed by atoms with Gasteiger partial charge in [-0.25, -0.2) is 8.42 Å². The van der Waals surface area contributed by atoms with Crippen molar-refractivity contribution in [2.24, 2.45) is 5.73 Å². The van der Waals surface area contributed by atoms with Crippen LogP contribution in [0.15, 0.2) is 23.1 Å². The van der Waals surface area contributed by atoms with Crippen molar-refractivity contribution in [2.75, 3.05) is 20.2 Å². The first-order valence-corrected chi connectivity index (χ1v) is 9.51. The van der Waals surface area contributed by atoms with Gasteiger partial charge in [0.2, 0.25) is 15.9 Å². The van der Waals surface area contributed by atoms with Crippen molar-refractivity contribution < 1.29 is 17.9 Å². The van der Waals surface area contributed by atoms with E-state index in [0.717, 1.165) is 12.8 Å². The van der Waals surface area contributed by atoms with Crippen LogP contribution in [0.1, 0.15) is 31.7 Å². The van der Waals surface area contributed by atoms with Crippen LogP contribution in [0.3, 0.4) is 0 Å². The van der Waals surface area contributed by atoms with E-state index >= 15 is 0 Å². The number of amides is 1. The molecule has 1 aliphatic rings. The molecule has 24 heavy (non-hydrogen) atoms. The Balaban J connectivity index is 2.27. The fourth-order valence-corrected chi connectivity index (χ4v) is 4.30. The Morgan fingerprint density at radius 2 is 2.21 bits per heavy atom. The molecule has 1 atom stereocenters. The van der Waals surface area contributed by atoms with Crippen LogP contribution < -0.4 is 15.8 Å². The number of benzene rings is 1. The average Bonchev–Trinajstić information content (AvgIpc) is 2.59. The Morgan fingerprint density at radius 1 is 1.46 bits per heavy atom. The minimum Gasteiger partial charge on any atom is -0.496 e. The summed E-state index contributed by atoms with van der Waals surface area (Å²) >= 11 is 0. The van der Waals surface area contributed by atoms with Gasteiger partial charge >= 0.3 is 0 Å². The Labute approximate surface area is 143 Å². The molecule has 1 saturated heterocycles. The molecule has 1 aromatic rings. The van der Waals surface area contributed by atoms with Crippen molar-refractivity contribution in [3.8, 4) is 5.75 Å². The molecular formula is C16H25N3O4S. The zero-order chi connectivity index (χ0) is 17.7. The summed E-state index contributed by atoms with van der Waals surface area (Å²) in [5, 5.41) is 2.74. The van der Waals surface area contributed by atoms with Crippen molar-refractivity contribution in [3.63, 3.8) is 0 Å². The van der Waals surface area contributed by atoms with Crippen molar-refractivity contribution in [1.82, 2.24) is 9.62 Å². The van der Waals surface area contributed by atoms with Gasteiger partial charge in [0.1, 0.15) is 5.75 Å². The lowest BCUT2D eigenvalue weighted by Gasteiger charge is -2.30. The Kier molecular flexibility index (Phi) is 6.20. The maximum atomic E-state index is 12.8. The van der Waals surface area contributed by atoms with Gasteiger partial charge in [0.15, 0.2) is 0 Å². The summed E-state index contributed by atoms with van der Waals surface area (Å²) in [5.41, 5.74) is 6.52. The van der Waals surface area contributed by atoms with Gasteiger partial charge in [0.25, 0.3) is 0 Å². The van der Waals surface area contributed by atoms with Gasteiger partial charge in [0, 0.05) is 37.7 Å². The third-order valence-electron chi connectivity index (χ3n) is 4.11. The molecular weight excluding hydrogens is 330 g/mol. The molecule has 0 radical (unpaired) electrons. The molecule has 1 unspecified atom stereocenters. The molecule has 2 rings (SSSR count). The first-order chi connectivity index (χ1) is 11.4. The molecule has 0 saturated carbocycles. The van der Waals surface area contributed by atoms with Gasteiger partial charge in [0.05, 0.1) is 12.0 Å². The van der Waals surface area contributed by atoms with E-state index in [1.54, 1.807) is 19.1 Å². The molecule has 0 spiro atoms. The number of carbonyl (C=O) groups is 1. The second-order valence-corrected chi connectivity index (χ2v) is 7.81. The van der Waals surface area contributed by atoms with E-state index in [1.807, 2.05) is 0 Å². The molecule has 1 aliphatic heterocycles. The Bertz CT molecular complexity index is 691. The van der Waals surface area contributed by atoms with Gasteiger partial charge in [-0.05, 0) is 31.0 Å². The molecule has 3 N–H and O–H groups in total. The largest absolute Gasteiger partial charge is 0.496 e. The second-order valence-electron chi connectivity index (χ2n) is 5.87. The maximum absolute atomic E-state index is 12.8. The first kappa shape index (κ1) is 18.7. The van der Waals surface area contributed by atoms with Crippen molar-refractivity contribution in [1.29, 1.82) is 0 Å². The van der Waals surface area contributed by atoms with Crippen molar-refractivity contribution >= 4 is 15.9 Å². The van der Waals surface area contributed by atoms with Crippen molar-refractivity contribution in [2.45, 2.75) is 43.7 Å². The number of ether oxygens (including phenoxy) is 1.